The zero-order valence-corrected chi connectivity index (χ0v) is 8.13. The summed E-state index contributed by atoms with van der Waals surface area (Å²) in [4.78, 5) is 0. The van der Waals surface area contributed by atoms with Crippen LogP contribution in [-0.4, -0.2) is 20.2 Å². The zero-order valence-electron chi connectivity index (χ0n) is 8.13. The molecular formula is C9H11N5O. The Bertz CT molecular complexity index is 457. The maximum Gasteiger partial charge on any atom is 0.169 e. The van der Waals surface area contributed by atoms with Crippen molar-refractivity contribution >= 4 is 5.82 Å². The summed E-state index contributed by atoms with van der Waals surface area (Å²) in [5, 5.41) is 11.5. The quantitative estimate of drug-likeness (QED) is 0.800. The Morgan fingerprint density at radius 2 is 2.40 bits per heavy atom. The SMILES string of the molecule is Nc1nnn(Cc2ccno2)c1C1CC1. The van der Waals surface area contributed by atoms with E-state index >= 15 is 0 Å². The minimum Gasteiger partial charge on any atom is -0.381 e. The molecule has 1 aliphatic carbocycles. The maximum absolute atomic E-state index is 5.77. The van der Waals surface area contributed by atoms with Gasteiger partial charge in [-0.1, -0.05) is 10.4 Å². The van der Waals surface area contributed by atoms with Crippen LogP contribution in [0.1, 0.15) is 30.2 Å². The third-order valence-corrected chi connectivity index (χ3v) is 2.56. The maximum atomic E-state index is 5.77. The van der Waals surface area contributed by atoms with Crippen LogP contribution < -0.4 is 5.73 Å². The average Bonchev–Trinajstić information content (AvgIpc) is 2.80. The minimum atomic E-state index is 0.530. The molecule has 1 aliphatic rings. The van der Waals surface area contributed by atoms with E-state index < -0.39 is 0 Å². The molecule has 0 amide bonds. The molecule has 0 aliphatic heterocycles. The summed E-state index contributed by atoms with van der Waals surface area (Å²) >= 11 is 0. The van der Waals surface area contributed by atoms with Crippen LogP contribution in [-0.2, 0) is 6.54 Å². The summed E-state index contributed by atoms with van der Waals surface area (Å²) in [5.74, 6) is 1.83. The lowest BCUT2D eigenvalue weighted by atomic mass is 10.3. The highest BCUT2D eigenvalue weighted by molar-refractivity contribution is 5.38. The molecule has 2 N–H and O–H groups in total. The number of rotatable bonds is 3. The molecule has 1 fully saturated rings. The van der Waals surface area contributed by atoms with Gasteiger partial charge in [-0.3, -0.25) is 0 Å². The monoisotopic (exact) mass is 205 g/mol. The van der Waals surface area contributed by atoms with Gasteiger partial charge >= 0.3 is 0 Å². The number of nitrogens with zero attached hydrogens (tertiary/aromatic N) is 4. The lowest BCUT2D eigenvalue weighted by Crippen LogP contribution is -2.06. The molecule has 0 unspecified atom stereocenters. The summed E-state index contributed by atoms with van der Waals surface area (Å²) in [6.45, 7) is 0.552. The molecule has 2 aromatic rings. The normalized spacial score (nSPS) is 15.7. The number of nitrogen functional groups attached to an aromatic ring is 1. The fraction of sp³-hybridized carbons (Fsp3) is 0.444. The Kier molecular flexibility index (Phi) is 1.74. The van der Waals surface area contributed by atoms with Crippen LogP contribution in [0.2, 0.25) is 0 Å². The third-order valence-electron chi connectivity index (χ3n) is 2.56. The second-order valence-corrected chi connectivity index (χ2v) is 3.77. The molecule has 3 rings (SSSR count). The van der Waals surface area contributed by atoms with Crippen LogP contribution >= 0.6 is 0 Å². The Hall–Kier alpha value is -1.85. The van der Waals surface area contributed by atoms with Gasteiger partial charge in [0, 0.05) is 12.0 Å². The van der Waals surface area contributed by atoms with E-state index in [1.165, 1.54) is 12.8 Å². The molecule has 0 radical (unpaired) electrons. The first-order valence-corrected chi connectivity index (χ1v) is 4.93. The number of anilines is 1. The van der Waals surface area contributed by atoms with E-state index in [0.717, 1.165) is 11.5 Å². The van der Waals surface area contributed by atoms with Gasteiger partial charge in [0.05, 0.1) is 11.9 Å². The topological polar surface area (TPSA) is 82.8 Å². The molecule has 15 heavy (non-hydrogen) atoms. The van der Waals surface area contributed by atoms with Crippen molar-refractivity contribution in [3.05, 3.63) is 23.7 Å². The van der Waals surface area contributed by atoms with E-state index in [1.807, 2.05) is 6.07 Å². The van der Waals surface area contributed by atoms with Crippen LogP contribution in [0.5, 0.6) is 0 Å². The van der Waals surface area contributed by atoms with Gasteiger partial charge in [0.1, 0.15) is 6.54 Å². The van der Waals surface area contributed by atoms with E-state index in [0.29, 0.717) is 18.3 Å². The van der Waals surface area contributed by atoms with Gasteiger partial charge in [0.2, 0.25) is 0 Å². The van der Waals surface area contributed by atoms with E-state index in [9.17, 15) is 0 Å². The van der Waals surface area contributed by atoms with Crippen LogP contribution in [0.3, 0.4) is 0 Å². The molecule has 78 valence electrons. The fourth-order valence-corrected chi connectivity index (χ4v) is 1.70. The predicted octanol–water partition coefficient (Wildman–Crippen LogP) is 0.774. The predicted molar refractivity (Wildman–Crippen MR) is 52.0 cm³/mol. The molecule has 2 heterocycles. The Balaban J connectivity index is 1.91. The number of hydrogen-bond donors (Lipinski definition) is 1. The first-order chi connectivity index (χ1) is 7.34. The van der Waals surface area contributed by atoms with Crippen molar-refractivity contribution < 1.29 is 4.52 Å². The molecule has 6 nitrogen and oxygen atoms in total. The van der Waals surface area contributed by atoms with Crippen LogP contribution in [0.25, 0.3) is 0 Å². The molecule has 0 aromatic carbocycles. The van der Waals surface area contributed by atoms with Crippen LogP contribution in [0.4, 0.5) is 5.82 Å². The van der Waals surface area contributed by atoms with Crippen molar-refractivity contribution in [2.45, 2.75) is 25.3 Å². The summed E-state index contributed by atoms with van der Waals surface area (Å²) in [6.07, 6.45) is 3.97. The smallest absolute Gasteiger partial charge is 0.169 e. The Morgan fingerprint density at radius 3 is 3.07 bits per heavy atom. The third kappa shape index (κ3) is 1.47. The van der Waals surface area contributed by atoms with E-state index in [4.69, 9.17) is 10.3 Å². The molecule has 0 bridgehead atoms. The highest BCUT2D eigenvalue weighted by Crippen LogP contribution is 2.41. The van der Waals surface area contributed by atoms with Gasteiger partial charge in [0.25, 0.3) is 0 Å². The molecular weight excluding hydrogens is 194 g/mol. The van der Waals surface area contributed by atoms with Crippen molar-refractivity contribution in [1.82, 2.24) is 20.2 Å². The van der Waals surface area contributed by atoms with Crippen molar-refractivity contribution in [2.75, 3.05) is 5.73 Å². The molecule has 0 saturated heterocycles. The summed E-state index contributed by atoms with van der Waals surface area (Å²) < 4.78 is 6.82. The van der Waals surface area contributed by atoms with Gasteiger partial charge in [-0.05, 0) is 12.8 Å². The van der Waals surface area contributed by atoms with Crippen molar-refractivity contribution in [3.8, 4) is 0 Å². The van der Waals surface area contributed by atoms with Crippen LogP contribution in [0, 0.1) is 0 Å². The number of aromatic nitrogens is 4. The minimum absolute atomic E-state index is 0.530. The van der Waals surface area contributed by atoms with Gasteiger partial charge in [0.15, 0.2) is 11.6 Å². The van der Waals surface area contributed by atoms with Gasteiger partial charge in [-0.25, -0.2) is 4.68 Å². The largest absolute Gasteiger partial charge is 0.381 e. The molecule has 1 saturated carbocycles. The first kappa shape index (κ1) is 8.46. The van der Waals surface area contributed by atoms with E-state index in [2.05, 4.69) is 15.5 Å². The van der Waals surface area contributed by atoms with Crippen molar-refractivity contribution in [3.63, 3.8) is 0 Å². The zero-order chi connectivity index (χ0) is 10.3. The molecule has 0 spiro atoms. The van der Waals surface area contributed by atoms with Crippen molar-refractivity contribution in [2.24, 2.45) is 0 Å². The standard InChI is InChI=1S/C9H11N5O/c10-9-8(6-1-2-6)14(13-12-9)5-7-3-4-11-15-7/h3-4,6H,1-2,5,10H2. The van der Waals surface area contributed by atoms with Crippen LogP contribution in [0.15, 0.2) is 16.8 Å². The Labute approximate surface area is 86.0 Å². The molecule has 2 aromatic heterocycles. The van der Waals surface area contributed by atoms with Gasteiger partial charge < -0.3 is 10.3 Å². The van der Waals surface area contributed by atoms with E-state index in [-0.39, 0.29) is 0 Å². The number of nitrogens with two attached hydrogens (primary N) is 1. The molecule has 6 heteroatoms. The lowest BCUT2D eigenvalue weighted by molar-refractivity contribution is 0.368. The second-order valence-electron chi connectivity index (χ2n) is 3.77. The van der Waals surface area contributed by atoms with Crippen molar-refractivity contribution in [1.29, 1.82) is 0 Å². The number of hydrogen-bond acceptors (Lipinski definition) is 5. The lowest BCUT2D eigenvalue weighted by Gasteiger charge is -2.02. The summed E-state index contributed by atoms with van der Waals surface area (Å²) in [6, 6.07) is 1.81. The highest BCUT2D eigenvalue weighted by atomic mass is 16.5. The van der Waals surface area contributed by atoms with E-state index in [1.54, 1.807) is 10.9 Å². The average molecular weight is 205 g/mol. The second kappa shape index (κ2) is 3.08. The van der Waals surface area contributed by atoms with Gasteiger partial charge in [-0.2, -0.15) is 0 Å². The summed E-state index contributed by atoms with van der Waals surface area (Å²) in [7, 11) is 0. The first-order valence-electron chi connectivity index (χ1n) is 4.93. The Morgan fingerprint density at radius 1 is 1.53 bits per heavy atom. The molecule has 0 atom stereocenters. The fourth-order valence-electron chi connectivity index (χ4n) is 1.70. The summed E-state index contributed by atoms with van der Waals surface area (Å²) in [5.41, 5.74) is 6.80. The van der Waals surface area contributed by atoms with Gasteiger partial charge in [-0.15, -0.1) is 5.10 Å². The highest BCUT2D eigenvalue weighted by Gasteiger charge is 2.30.